The van der Waals surface area contributed by atoms with Crippen molar-refractivity contribution in [1.29, 1.82) is 0 Å². The van der Waals surface area contributed by atoms with Gasteiger partial charge in [-0.05, 0) is 69.8 Å². The number of carbonyl (C=O) groups excluding carboxylic acids is 1. The number of rotatable bonds is 7. The lowest BCUT2D eigenvalue weighted by Gasteiger charge is -2.36. The van der Waals surface area contributed by atoms with Crippen LogP contribution in [0.25, 0.3) is 0 Å². The third-order valence-electron chi connectivity index (χ3n) is 5.74. The number of benzene rings is 2. The summed E-state index contributed by atoms with van der Waals surface area (Å²) < 4.78 is 28.1. The highest BCUT2D eigenvalue weighted by Gasteiger charge is 2.36. The molecule has 156 valence electrons. The molecule has 2 N–H and O–H groups in total. The molecule has 1 aliphatic carbocycles. The Balaban J connectivity index is 1.73. The summed E-state index contributed by atoms with van der Waals surface area (Å²) in [5.74, 6) is -0.259. The molecule has 7 heteroatoms. The van der Waals surface area contributed by atoms with E-state index in [4.69, 9.17) is 0 Å². The van der Waals surface area contributed by atoms with E-state index in [0.717, 1.165) is 31.2 Å². The Bertz CT molecular complexity index is 980. The van der Waals surface area contributed by atoms with Crippen molar-refractivity contribution in [3.05, 3.63) is 59.7 Å². The molecule has 29 heavy (non-hydrogen) atoms. The van der Waals surface area contributed by atoms with Gasteiger partial charge in [0.2, 0.25) is 0 Å². The van der Waals surface area contributed by atoms with Gasteiger partial charge in [0.25, 0.3) is 15.9 Å². The molecule has 0 aliphatic heterocycles. The van der Waals surface area contributed by atoms with Gasteiger partial charge in [-0.25, -0.2) is 8.42 Å². The fraction of sp³-hybridized carbons (Fsp3) is 0.409. The van der Waals surface area contributed by atoms with Crippen LogP contribution >= 0.6 is 0 Å². The largest absolute Gasteiger partial charge is 0.350 e. The van der Waals surface area contributed by atoms with E-state index in [9.17, 15) is 13.2 Å². The summed E-state index contributed by atoms with van der Waals surface area (Å²) in [6.07, 6.45) is 4.42. The zero-order valence-electron chi connectivity index (χ0n) is 17.2. The van der Waals surface area contributed by atoms with Crippen molar-refractivity contribution in [3.63, 3.8) is 0 Å². The number of anilines is 1. The molecule has 1 amide bonds. The first-order valence-electron chi connectivity index (χ1n) is 9.87. The average Bonchev–Trinajstić information content (AvgIpc) is 3.16. The molecule has 0 saturated heterocycles. The van der Waals surface area contributed by atoms with Crippen LogP contribution in [0.15, 0.2) is 53.4 Å². The molecular weight excluding hydrogens is 386 g/mol. The van der Waals surface area contributed by atoms with Gasteiger partial charge >= 0.3 is 0 Å². The van der Waals surface area contributed by atoms with Gasteiger partial charge in [0.05, 0.1) is 4.90 Å². The number of hydrogen-bond acceptors (Lipinski definition) is 4. The number of sulfonamides is 1. The lowest BCUT2D eigenvalue weighted by Crippen LogP contribution is -2.50. The summed E-state index contributed by atoms with van der Waals surface area (Å²) in [7, 11) is 0.306. The minimum absolute atomic E-state index is 0.0218. The quantitative estimate of drug-likeness (QED) is 0.726. The number of amides is 1. The fourth-order valence-electron chi connectivity index (χ4n) is 3.89. The number of nitrogens with one attached hydrogen (secondary N) is 2. The molecule has 3 rings (SSSR count). The Morgan fingerprint density at radius 2 is 1.76 bits per heavy atom. The van der Waals surface area contributed by atoms with Crippen molar-refractivity contribution in [2.45, 2.75) is 43.0 Å². The number of aryl methyl sites for hydroxylation is 1. The molecule has 1 fully saturated rings. The second kappa shape index (κ2) is 8.55. The van der Waals surface area contributed by atoms with E-state index < -0.39 is 10.0 Å². The third kappa shape index (κ3) is 4.97. The molecular formula is C22H29N3O3S. The fourth-order valence-corrected chi connectivity index (χ4v) is 4.98. The van der Waals surface area contributed by atoms with Crippen molar-refractivity contribution >= 4 is 21.6 Å². The Labute approximate surface area is 173 Å². The molecule has 2 aromatic rings. The molecule has 0 radical (unpaired) electrons. The van der Waals surface area contributed by atoms with Crippen molar-refractivity contribution in [2.75, 3.05) is 25.4 Å². The lowest BCUT2D eigenvalue weighted by atomic mass is 9.96. The third-order valence-corrected chi connectivity index (χ3v) is 7.12. The SMILES string of the molecule is Cc1cccc(NS(=O)(=O)c2cccc(C(=O)NCC3(N(C)C)CCCC3)c2)c1. The summed E-state index contributed by atoms with van der Waals surface area (Å²) in [4.78, 5) is 15.0. The summed E-state index contributed by atoms with van der Waals surface area (Å²) in [5.41, 5.74) is 1.77. The number of likely N-dealkylation sites (N-methyl/N-ethyl adjacent to an activating group) is 1. The summed E-state index contributed by atoms with van der Waals surface area (Å²) in [6, 6.07) is 13.3. The molecule has 0 bridgehead atoms. The van der Waals surface area contributed by atoms with E-state index in [2.05, 4.69) is 14.9 Å². The van der Waals surface area contributed by atoms with Gasteiger partial charge in [-0.3, -0.25) is 9.52 Å². The standard InChI is InChI=1S/C22H29N3O3S/c1-17-8-6-10-19(14-17)24-29(27,28)20-11-7-9-18(15-20)21(26)23-16-22(25(2)3)12-4-5-13-22/h6-11,14-15,24H,4-5,12-13,16H2,1-3H3,(H,23,26). The summed E-state index contributed by atoms with van der Waals surface area (Å²) in [6.45, 7) is 2.45. The monoisotopic (exact) mass is 415 g/mol. The Kier molecular flexibility index (Phi) is 6.29. The molecule has 0 unspecified atom stereocenters. The minimum Gasteiger partial charge on any atom is -0.350 e. The van der Waals surface area contributed by atoms with Crippen LogP contribution in [0.5, 0.6) is 0 Å². The van der Waals surface area contributed by atoms with Crippen LogP contribution < -0.4 is 10.0 Å². The summed E-state index contributed by atoms with van der Waals surface area (Å²) >= 11 is 0. The van der Waals surface area contributed by atoms with Crippen molar-refractivity contribution < 1.29 is 13.2 Å². The van der Waals surface area contributed by atoms with Crippen LogP contribution in [0.4, 0.5) is 5.69 Å². The van der Waals surface area contributed by atoms with Gasteiger partial charge < -0.3 is 10.2 Å². The Hall–Kier alpha value is -2.38. The van der Waals surface area contributed by atoms with Crippen molar-refractivity contribution in [1.82, 2.24) is 10.2 Å². The molecule has 6 nitrogen and oxygen atoms in total. The predicted octanol–water partition coefficient (Wildman–Crippen LogP) is 3.40. The normalized spacial score (nSPS) is 16.0. The van der Waals surface area contributed by atoms with Crippen molar-refractivity contribution in [2.24, 2.45) is 0 Å². The second-order valence-electron chi connectivity index (χ2n) is 8.01. The van der Waals surface area contributed by atoms with Crippen LogP contribution in [-0.2, 0) is 10.0 Å². The number of carbonyl (C=O) groups is 1. The van der Waals surface area contributed by atoms with Gasteiger partial charge in [-0.1, -0.05) is 31.0 Å². The van der Waals surface area contributed by atoms with Crippen LogP contribution in [0, 0.1) is 6.92 Å². The second-order valence-corrected chi connectivity index (χ2v) is 9.69. The molecule has 0 atom stereocenters. The van der Waals surface area contributed by atoms with Crippen LogP contribution in [0.1, 0.15) is 41.6 Å². The maximum atomic E-state index is 12.7. The highest BCUT2D eigenvalue weighted by molar-refractivity contribution is 7.92. The van der Waals surface area contributed by atoms with E-state index in [1.165, 1.54) is 12.1 Å². The first-order valence-corrected chi connectivity index (χ1v) is 11.4. The smallest absolute Gasteiger partial charge is 0.261 e. The first kappa shape index (κ1) is 21.3. The van der Waals surface area contributed by atoms with Crippen molar-refractivity contribution in [3.8, 4) is 0 Å². The van der Waals surface area contributed by atoms with E-state index in [0.29, 0.717) is 17.8 Å². The Morgan fingerprint density at radius 3 is 2.41 bits per heavy atom. The van der Waals surface area contributed by atoms with Crippen LogP contribution in [0.2, 0.25) is 0 Å². The van der Waals surface area contributed by atoms with Gasteiger partial charge in [0.1, 0.15) is 0 Å². The van der Waals surface area contributed by atoms with Gasteiger partial charge in [0.15, 0.2) is 0 Å². The molecule has 0 heterocycles. The first-order chi connectivity index (χ1) is 13.7. The molecule has 1 saturated carbocycles. The minimum atomic E-state index is -3.78. The maximum Gasteiger partial charge on any atom is 0.261 e. The van der Waals surface area contributed by atoms with E-state index in [1.54, 1.807) is 30.3 Å². The average molecular weight is 416 g/mol. The highest BCUT2D eigenvalue weighted by atomic mass is 32.2. The molecule has 0 spiro atoms. The van der Waals surface area contributed by atoms with Crippen LogP contribution in [-0.4, -0.2) is 45.4 Å². The summed E-state index contributed by atoms with van der Waals surface area (Å²) in [5, 5.41) is 3.00. The van der Waals surface area contributed by atoms with E-state index >= 15 is 0 Å². The number of hydrogen-bond donors (Lipinski definition) is 2. The highest BCUT2D eigenvalue weighted by Crippen LogP contribution is 2.33. The van der Waals surface area contributed by atoms with E-state index in [-0.39, 0.29) is 16.3 Å². The lowest BCUT2D eigenvalue weighted by molar-refractivity contribution is 0.0900. The topological polar surface area (TPSA) is 78.5 Å². The predicted molar refractivity (Wildman–Crippen MR) is 116 cm³/mol. The molecule has 2 aromatic carbocycles. The van der Waals surface area contributed by atoms with E-state index in [1.807, 2.05) is 27.1 Å². The number of nitrogens with zero attached hydrogens (tertiary/aromatic N) is 1. The maximum absolute atomic E-state index is 12.7. The van der Waals surface area contributed by atoms with Gasteiger partial charge in [-0.15, -0.1) is 0 Å². The Morgan fingerprint density at radius 1 is 1.07 bits per heavy atom. The zero-order chi connectivity index (χ0) is 21.1. The zero-order valence-corrected chi connectivity index (χ0v) is 18.1. The van der Waals surface area contributed by atoms with Gasteiger partial charge in [0, 0.05) is 23.3 Å². The molecule has 0 aromatic heterocycles. The molecule has 1 aliphatic rings. The van der Waals surface area contributed by atoms with Gasteiger partial charge in [-0.2, -0.15) is 0 Å². The van der Waals surface area contributed by atoms with Crippen LogP contribution in [0.3, 0.4) is 0 Å².